The van der Waals surface area contributed by atoms with Crippen LogP contribution in [0.2, 0.25) is 5.02 Å². The van der Waals surface area contributed by atoms with E-state index in [-0.39, 0.29) is 21.5 Å². The Balaban J connectivity index is 1.52. The van der Waals surface area contributed by atoms with Gasteiger partial charge in [-0.25, -0.2) is 8.42 Å². The number of fused-ring (bicyclic) bond motifs is 1. The number of rotatable bonds is 5. The highest BCUT2D eigenvalue weighted by Gasteiger charge is 2.29. The molecule has 0 aliphatic carbocycles. The molecule has 2 aliphatic rings. The van der Waals surface area contributed by atoms with Crippen molar-refractivity contribution in [2.75, 3.05) is 26.3 Å². The molecular weight excluding hydrogens is 452 g/mol. The lowest BCUT2D eigenvalue weighted by Crippen LogP contribution is -2.38. The highest BCUT2D eigenvalue weighted by atomic mass is 35.5. The number of amides is 1. The van der Waals surface area contributed by atoms with Crippen molar-refractivity contribution in [2.24, 2.45) is 5.92 Å². The molecule has 172 valence electrons. The van der Waals surface area contributed by atoms with Crippen molar-refractivity contribution in [3.63, 3.8) is 0 Å². The summed E-state index contributed by atoms with van der Waals surface area (Å²) in [7, 11) is -3.68. The normalized spacial score (nSPS) is 18.2. The van der Waals surface area contributed by atoms with Crippen LogP contribution in [0.25, 0.3) is 0 Å². The molecule has 0 aromatic heterocycles. The van der Waals surface area contributed by atoms with Crippen LogP contribution in [0.3, 0.4) is 0 Å². The predicted octanol–water partition coefficient (Wildman–Crippen LogP) is 4.02. The zero-order valence-electron chi connectivity index (χ0n) is 18.1. The first-order valence-corrected chi connectivity index (χ1v) is 12.6. The average Bonchev–Trinajstić information content (AvgIpc) is 2.79. The monoisotopic (exact) mass is 478 g/mol. The van der Waals surface area contributed by atoms with Crippen molar-refractivity contribution in [3.8, 4) is 11.5 Å². The Hall–Kier alpha value is -2.29. The molecule has 0 radical (unpaired) electrons. The zero-order chi connectivity index (χ0) is 22.9. The smallest absolute Gasteiger partial charge is 0.253 e. The number of halogens is 1. The van der Waals surface area contributed by atoms with E-state index < -0.39 is 15.9 Å². The zero-order valence-corrected chi connectivity index (χ0v) is 19.7. The fourth-order valence-electron chi connectivity index (χ4n) is 3.90. The lowest BCUT2D eigenvalue weighted by atomic mass is 10.0. The first kappa shape index (κ1) is 22.9. The van der Waals surface area contributed by atoms with Gasteiger partial charge in [0.25, 0.3) is 5.91 Å². The van der Waals surface area contributed by atoms with E-state index in [0.29, 0.717) is 43.7 Å². The van der Waals surface area contributed by atoms with Gasteiger partial charge >= 0.3 is 0 Å². The summed E-state index contributed by atoms with van der Waals surface area (Å²) in [6.07, 6.45) is 1.65. The first-order valence-electron chi connectivity index (χ1n) is 10.8. The molecule has 0 saturated carbocycles. The van der Waals surface area contributed by atoms with Crippen LogP contribution in [0.4, 0.5) is 0 Å². The van der Waals surface area contributed by atoms with Gasteiger partial charge in [-0.3, -0.25) is 4.79 Å². The van der Waals surface area contributed by atoms with E-state index in [1.165, 1.54) is 22.5 Å². The van der Waals surface area contributed by atoms with Crippen LogP contribution in [0.5, 0.6) is 11.5 Å². The molecule has 4 rings (SSSR count). The molecular formula is C23H27ClN2O5S. The molecule has 0 spiro atoms. The first-order chi connectivity index (χ1) is 15.3. The molecule has 2 aromatic carbocycles. The molecule has 32 heavy (non-hydrogen) atoms. The van der Waals surface area contributed by atoms with E-state index in [2.05, 4.69) is 12.2 Å². The Labute approximate surface area is 193 Å². The van der Waals surface area contributed by atoms with Crippen molar-refractivity contribution in [1.82, 2.24) is 9.62 Å². The Morgan fingerprint density at radius 2 is 1.78 bits per heavy atom. The Morgan fingerprint density at radius 3 is 2.50 bits per heavy atom. The van der Waals surface area contributed by atoms with Gasteiger partial charge in [-0.05, 0) is 61.6 Å². The maximum absolute atomic E-state index is 13.1. The van der Waals surface area contributed by atoms with Crippen LogP contribution in [0.15, 0.2) is 41.3 Å². The Morgan fingerprint density at radius 1 is 1.09 bits per heavy atom. The number of ether oxygens (including phenoxy) is 2. The summed E-state index contributed by atoms with van der Waals surface area (Å²) < 4.78 is 38.8. The van der Waals surface area contributed by atoms with Crippen LogP contribution in [-0.4, -0.2) is 44.9 Å². The van der Waals surface area contributed by atoms with Gasteiger partial charge in [0.2, 0.25) is 10.0 Å². The van der Waals surface area contributed by atoms with Crippen LogP contribution in [-0.2, 0) is 10.0 Å². The number of hydrogen-bond acceptors (Lipinski definition) is 5. The van der Waals surface area contributed by atoms with E-state index in [0.717, 1.165) is 18.4 Å². The highest BCUT2D eigenvalue weighted by molar-refractivity contribution is 7.89. The summed E-state index contributed by atoms with van der Waals surface area (Å²) in [5, 5.41) is 3.09. The average molecular weight is 479 g/mol. The van der Waals surface area contributed by atoms with Gasteiger partial charge in [0, 0.05) is 13.1 Å². The maximum Gasteiger partial charge on any atom is 0.253 e. The summed E-state index contributed by atoms with van der Waals surface area (Å²) in [5.74, 6) is 1.38. The SMILES string of the molecule is CC1CCN(S(=O)(=O)c2ccc(Cl)c(C(=O)N[C@@H](C)c3ccc4c(c3)OCCO4)c2)CC1. The van der Waals surface area contributed by atoms with E-state index in [1.54, 1.807) is 0 Å². The van der Waals surface area contributed by atoms with Gasteiger partial charge in [-0.2, -0.15) is 4.31 Å². The molecule has 0 bridgehead atoms. The third kappa shape index (κ3) is 4.72. The number of carbonyl (C=O) groups excluding carboxylic acids is 1. The molecule has 1 amide bonds. The summed E-state index contributed by atoms with van der Waals surface area (Å²) in [6.45, 7) is 5.91. The molecule has 7 nitrogen and oxygen atoms in total. The van der Waals surface area contributed by atoms with Gasteiger partial charge in [0.1, 0.15) is 13.2 Å². The third-order valence-corrected chi connectivity index (χ3v) is 8.20. The third-order valence-electron chi connectivity index (χ3n) is 5.98. The highest BCUT2D eigenvalue weighted by Crippen LogP contribution is 2.33. The molecule has 2 aromatic rings. The number of piperidine rings is 1. The largest absolute Gasteiger partial charge is 0.486 e. The van der Waals surface area contributed by atoms with E-state index in [4.69, 9.17) is 21.1 Å². The van der Waals surface area contributed by atoms with E-state index in [9.17, 15) is 13.2 Å². The van der Waals surface area contributed by atoms with Crippen molar-refractivity contribution in [2.45, 2.75) is 37.6 Å². The second-order valence-corrected chi connectivity index (χ2v) is 10.7. The summed E-state index contributed by atoms with van der Waals surface area (Å²) >= 11 is 6.26. The molecule has 2 heterocycles. The summed E-state index contributed by atoms with van der Waals surface area (Å²) in [4.78, 5) is 13.1. The number of carbonyl (C=O) groups is 1. The molecule has 2 aliphatic heterocycles. The van der Waals surface area contributed by atoms with Crippen molar-refractivity contribution >= 4 is 27.5 Å². The molecule has 0 unspecified atom stereocenters. The topological polar surface area (TPSA) is 84.9 Å². The van der Waals surface area contributed by atoms with Gasteiger partial charge in [-0.1, -0.05) is 24.6 Å². The van der Waals surface area contributed by atoms with E-state index in [1.807, 2.05) is 25.1 Å². The van der Waals surface area contributed by atoms with Crippen LogP contribution in [0.1, 0.15) is 48.7 Å². The lowest BCUT2D eigenvalue weighted by Gasteiger charge is -2.29. The molecule has 1 atom stereocenters. The number of nitrogens with one attached hydrogen (secondary N) is 1. The quantitative estimate of drug-likeness (QED) is 0.701. The van der Waals surface area contributed by atoms with Gasteiger partial charge in [0.15, 0.2) is 11.5 Å². The fraction of sp³-hybridized carbons (Fsp3) is 0.435. The predicted molar refractivity (Wildman–Crippen MR) is 122 cm³/mol. The summed E-state index contributed by atoms with van der Waals surface area (Å²) in [6, 6.07) is 9.44. The number of hydrogen-bond donors (Lipinski definition) is 1. The van der Waals surface area contributed by atoms with Crippen LogP contribution in [0, 0.1) is 5.92 Å². The minimum Gasteiger partial charge on any atom is -0.486 e. The van der Waals surface area contributed by atoms with Gasteiger partial charge in [-0.15, -0.1) is 0 Å². The van der Waals surface area contributed by atoms with Crippen molar-refractivity contribution in [1.29, 1.82) is 0 Å². The minimum absolute atomic E-state index is 0.0774. The minimum atomic E-state index is -3.68. The molecule has 1 saturated heterocycles. The summed E-state index contributed by atoms with van der Waals surface area (Å²) in [5.41, 5.74) is 0.965. The number of benzene rings is 2. The Kier molecular flexibility index (Phi) is 6.65. The number of sulfonamides is 1. The van der Waals surface area contributed by atoms with Crippen molar-refractivity contribution in [3.05, 3.63) is 52.5 Å². The lowest BCUT2D eigenvalue weighted by molar-refractivity contribution is 0.0939. The van der Waals surface area contributed by atoms with Gasteiger partial charge in [0.05, 0.1) is 21.5 Å². The number of nitrogens with zero attached hydrogens (tertiary/aromatic N) is 1. The molecule has 1 N–H and O–H groups in total. The Bertz CT molecular complexity index is 1110. The fourth-order valence-corrected chi connectivity index (χ4v) is 5.60. The van der Waals surface area contributed by atoms with E-state index >= 15 is 0 Å². The molecule has 9 heteroatoms. The second kappa shape index (κ2) is 9.29. The molecule has 1 fully saturated rings. The standard InChI is InChI=1S/C23H27ClN2O5S/c1-15-7-9-26(10-8-15)32(28,29)18-4-5-20(24)19(14-18)23(27)25-16(2)17-3-6-21-22(13-17)31-12-11-30-21/h3-6,13-16H,7-12H2,1-2H3,(H,25,27)/t16-/m0/s1. The maximum atomic E-state index is 13.1. The van der Waals surface area contributed by atoms with Gasteiger partial charge < -0.3 is 14.8 Å². The van der Waals surface area contributed by atoms with Crippen molar-refractivity contribution < 1.29 is 22.7 Å². The van der Waals surface area contributed by atoms with Crippen LogP contribution < -0.4 is 14.8 Å². The second-order valence-electron chi connectivity index (χ2n) is 8.33. The van der Waals surface area contributed by atoms with Crippen LogP contribution >= 0.6 is 11.6 Å².